The van der Waals surface area contributed by atoms with Gasteiger partial charge < -0.3 is 45.9 Å². The SMILES string of the molecule is CCCN(NC(=O)[C@H]1C[C@@H](OCc2ccccc2)CN1C(=O)[C@@H](NC(=O)[C@@H](OC(=O)[C@@H](CC(=O)O)NC(=O)[C@H](CC(=O)O)NC(C)=O)[C@H](C)CC)C(C)C)C(=O)N[C@@H](C)c1ccc(Br)cc1. The van der Waals surface area contributed by atoms with E-state index in [-0.39, 0.29) is 32.5 Å². The van der Waals surface area contributed by atoms with Crippen LogP contribution < -0.4 is 26.7 Å². The van der Waals surface area contributed by atoms with E-state index >= 15 is 0 Å². The van der Waals surface area contributed by atoms with E-state index in [2.05, 4.69) is 42.6 Å². The third-order valence-electron chi connectivity index (χ3n) is 10.8. The van der Waals surface area contributed by atoms with E-state index in [1.165, 1.54) is 4.90 Å². The summed E-state index contributed by atoms with van der Waals surface area (Å²) in [7, 11) is 0. The van der Waals surface area contributed by atoms with Gasteiger partial charge in [-0.05, 0) is 48.9 Å². The van der Waals surface area contributed by atoms with E-state index in [0.717, 1.165) is 27.5 Å². The minimum absolute atomic E-state index is 0.0408. The average Bonchev–Trinajstić information content (AvgIpc) is 3.70. The van der Waals surface area contributed by atoms with Crippen LogP contribution in [0.4, 0.5) is 4.79 Å². The molecule has 1 aliphatic rings. The summed E-state index contributed by atoms with van der Waals surface area (Å²) in [5, 5.41) is 29.8. The first-order valence-electron chi connectivity index (χ1n) is 21.8. The number of hydrogen-bond donors (Lipinski definition) is 7. The van der Waals surface area contributed by atoms with Crippen LogP contribution in [-0.2, 0) is 54.4 Å². The van der Waals surface area contributed by atoms with E-state index in [4.69, 9.17) is 9.47 Å². The number of nitrogens with one attached hydrogen (secondary N) is 5. The summed E-state index contributed by atoms with van der Waals surface area (Å²) in [6, 6.07) is 9.58. The Bertz CT molecular complexity index is 2010. The molecule has 0 unspecified atom stereocenters. The maximum absolute atomic E-state index is 14.7. The number of hydrogen-bond acceptors (Lipinski definition) is 11. The number of likely N-dealkylation sites (tertiary alicyclic amines) is 1. The molecular formula is C45H62BrN7O13. The number of rotatable bonds is 23. The van der Waals surface area contributed by atoms with Crippen molar-refractivity contribution >= 4 is 69.4 Å². The molecule has 2 aromatic rings. The van der Waals surface area contributed by atoms with Crippen LogP contribution in [-0.4, -0.2) is 123 Å². The topological polar surface area (TPSA) is 279 Å². The largest absolute Gasteiger partial charge is 0.481 e. The van der Waals surface area contributed by atoms with Crippen molar-refractivity contribution in [2.24, 2.45) is 11.8 Å². The highest BCUT2D eigenvalue weighted by atomic mass is 79.9. The summed E-state index contributed by atoms with van der Waals surface area (Å²) in [6.07, 6.45) is -3.42. The lowest BCUT2D eigenvalue weighted by atomic mass is 9.98. The fourth-order valence-corrected chi connectivity index (χ4v) is 7.25. The number of urea groups is 1. The molecule has 0 aliphatic carbocycles. The number of esters is 1. The molecule has 8 atom stereocenters. The summed E-state index contributed by atoms with van der Waals surface area (Å²) in [5.41, 5.74) is 4.37. The quantitative estimate of drug-likeness (QED) is 0.0624. The van der Waals surface area contributed by atoms with E-state index < -0.39 is 121 Å². The molecule has 1 aliphatic heterocycles. The maximum atomic E-state index is 14.7. The predicted octanol–water partition coefficient (Wildman–Crippen LogP) is 3.19. The van der Waals surface area contributed by atoms with Crippen LogP contribution in [0.2, 0.25) is 0 Å². The Hall–Kier alpha value is -6.09. The van der Waals surface area contributed by atoms with Crippen molar-refractivity contribution < 1.29 is 62.8 Å². The number of ether oxygens (including phenoxy) is 2. The van der Waals surface area contributed by atoms with E-state index in [1.807, 2.05) is 61.5 Å². The van der Waals surface area contributed by atoms with Crippen molar-refractivity contribution in [2.75, 3.05) is 13.1 Å². The molecule has 0 radical (unpaired) electrons. The van der Waals surface area contributed by atoms with Gasteiger partial charge in [0.25, 0.3) is 11.8 Å². The Morgan fingerprint density at radius 3 is 2.00 bits per heavy atom. The van der Waals surface area contributed by atoms with Crippen LogP contribution in [0.1, 0.15) is 97.7 Å². The van der Waals surface area contributed by atoms with Gasteiger partial charge >= 0.3 is 23.9 Å². The molecule has 0 bridgehead atoms. The second-order valence-corrected chi connectivity index (χ2v) is 17.4. The number of amides is 7. The Labute approximate surface area is 392 Å². The Balaban J connectivity index is 1.89. The lowest BCUT2D eigenvalue weighted by Gasteiger charge is -2.33. The molecule has 66 heavy (non-hydrogen) atoms. The van der Waals surface area contributed by atoms with E-state index in [1.54, 1.807) is 34.6 Å². The first-order valence-corrected chi connectivity index (χ1v) is 22.6. The van der Waals surface area contributed by atoms with Crippen molar-refractivity contribution in [1.82, 2.24) is 36.6 Å². The molecule has 0 saturated carbocycles. The van der Waals surface area contributed by atoms with Crippen molar-refractivity contribution in [2.45, 2.75) is 130 Å². The van der Waals surface area contributed by atoms with Gasteiger partial charge in [0.05, 0.1) is 31.6 Å². The zero-order chi connectivity index (χ0) is 49.2. The molecule has 21 heteroatoms. The molecule has 2 aromatic carbocycles. The summed E-state index contributed by atoms with van der Waals surface area (Å²) in [5.74, 6) is -9.94. The fraction of sp³-hybridized carbons (Fsp3) is 0.533. The normalized spacial score (nSPS) is 17.2. The number of benzene rings is 2. The minimum Gasteiger partial charge on any atom is -0.481 e. The minimum atomic E-state index is -1.92. The smallest absolute Gasteiger partial charge is 0.336 e. The number of carbonyl (C=O) groups excluding carboxylic acids is 7. The number of carboxylic acids is 2. The number of hydrazine groups is 1. The summed E-state index contributed by atoms with van der Waals surface area (Å²) in [4.78, 5) is 119. The van der Waals surface area contributed by atoms with Gasteiger partial charge in [0, 0.05) is 36.8 Å². The summed E-state index contributed by atoms with van der Waals surface area (Å²) < 4.78 is 12.6. The van der Waals surface area contributed by atoms with Crippen LogP contribution in [0.5, 0.6) is 0 Å². The highest BCUT2D eigenvalue weighted by molar-refractivity contribution is 9.10. The highest BCUT2D eigenvalue weighted by Crippen LogP contribution is 2.25. The van der Waals surface area contributed by atoms with Gasteiger partial charge in [-0.1, -0.05) is 93.0 Å². The number of halogens is 1. The predicted molar refractivity (Wildman–Crippen MR) is 242 cm³/mol. The van der Waals surface area contributed by atoms with Crippen LogP contribution in [0.3, 0.4) is 0 Å². The second kappa shape index (κ2) is 26.2. The molecule has 7 N–H and O–H groups in total. The number of aliphatic carboxylic acids is 2. The van der Waals surface area contributed by atoms with Crippen molar-refractivity contribution in [3.63, 3.8) is 0 Å². The average molecular weight is 989 g/mol. The Kier molecular flexibility index (Phi) is 21.5. The Morgan fingerprint density at radius 2 is 1.44 bits per heavy atom. The third-order valence-corrected chi connectivity index (χ3v) is 11.3. The number of carbonyl (C=O) groups is 9. The first-order chi connectivity index (χ1) is 31.1. The number of nitrogens with zero attached hydrogens (tertiary/aromatic N) is 2. The van der Waals surface area contributed by atoms with Crippen molar-refractivity contribution in [3.05, 3.63) is 70.2 Å². The molecule has 362 valence electrons. The Morgan fingerprint density at radius 1 is 0.818 bits per heavy atom. The standard InChI is InChI=1S/C45H62BrN7O13/c1-8-19-53(45(64)47-27(6)30-15-17-31(46)18-16-30)51-41(60)35-20-32(65-24-29-13-11-10-12-14-29)23-52(35)43(62)38(25(3)4)50-42(61)39(26(5)9-2)66-44(63)34(22-37(57)58)49-40(59)33(21-36(55)56)48-28(7)54/h10-18,25-27,32-35,38-39H,8-9,19-24H2,1-7H3,(H,47,64)(H,48,54)(H,49,59)(H,50,61)(H,51,60)(H,55,56)(H,57,58)/t26-,27+,32-,33+,34-,35-,38+,39+/m1/s1. The van der Waals surface area contributed by atoms with Crippen LogP contribution in [0.25, 0.3) is 0 Å². The number of carboxylic acid groups (broad SMARTS) is 2. The van der Waals surface area contributed by atoms with Crippen LogP contribution >= 0.6 is 15.9 Å². The third kappa shape index (κ3) is 16.7. The zero-order valence-electron chi connectivity index (χ0n) is 38.2. The molecule has 7 amide bonds. The van der Waals surface area contributed by atoms with Gasteiger partial charge in [-0.15, -0.1) is 0 Å². The van der Waals surface area contributed by atoms with Crippen molar-refractivity contribution in [3.8, 4) is 0 Å². The molecule has 1 heterocycles. The zero-order valence-corrected chi connectivity index (χ0v) is 39.8. The van der Waals surface area contributed by atoms with Gasteiger partial charge in [0.2, 0.25) is 17.7 Å². The maximum Gasteiger partial charge on any atom is 0.336 e. The highest BCUT2D eigenvalue weighted by Gasteiger charge is 2.45. The van der Waals surface area contributed by atoms with Gasteiger partial charge in [0.15, 0.2) is 6.10 Å². The van der Waals surface area contributed by atoms with Gasteiger partial charge in [-0.25, -0.2) is 14.6 Å². The molecule has 20 nitrogen and oxygen atoms in total. The van der Waals surface area contributed by atoms with E-state index in [0.29, 0.717) is 6.42 Å². The molecular weight excluding hydrogens is 926 g/mol. The summed E-state index contributed by atoms with van der Waals surface area (Å²) in [6.45, 7) is 11.5. The fourth-order valence-electron chi connectivity index (χ4n) is 6.98. The van der Waals surface area contributed by atoms with Gasteiger partial charge in [-0.3, -0.25) is 39.0 Å². The molecule has 0 spiro atoms. The van der Waals surface area contributed by atoms with Crippen LogP contribution in [0, 0.1) is 11.8 Å². The lowest BCUT2D eigenvalue weighted by Crippen LogP contribution is -2.60. The summed E-state index contributed by atoms with van der Waals surface area (Å²) >= 11 is 3.40. The second-order valence-electron chi connectivity index (χ2n) is 16.5. The van der Waals surface area contributed by atoms with Crippen molar-refractivity contribution in [1.29, 1.82) is 0 Å². The molecule has 3 rings (SSSR count). The molecule has 1 fully saturated rings. The monoisotopic (exact) mass is 987 g/mol. The van der Waals surface area contributed by atoms with E-state index in [9.17, 15) is 53.4 Å². The van der Waals surface area contributed by atoms with Crippen LogP contribution in [0.15, 0.2) is 59.1 Å². The first kappa shape index (κ1) is 54.2. The van der Waals surface area contributed by atoms with Gasteiger partial charge in [-0.2, -0.15) is 0 Å². The lowest BCUT2D eigenvalue weighted by molar-refractivity contribution is -0.164. The molecule has 0 aromatic heterocycles. The van der Waals surface area contributed by atoms with Gasteiger partial charge in [0.1, 0.15) is 24.2 Å². The molecule has 1 saturated heterocycles.